The average Bonchev–Trinajstić information content (AvgIpc) is 3.12. The van der Waals surface area contributed by atoms with Gasteiger partial charge in [0, 0.05) is 36.4 Å². The Morgan fingerprint density at radius 2 is 2.07 bits per heavy atom. The Kier molecular flexibility index (Phi) is 5.25. The molecule has 1 unspecified atom stereocenters. The molecule has 142 valence electrons. The molecule has 6 heteroatoms. The van der Waals surface area contributed by atoms with E-state index in [-0.39, 0.29) is 17.9 Å². The van der Waals surface area contributed by atoms with E-state index < -0.39 is 0 Å². The predicted molar refractivity (Wildman–Crippen MR) is 106 cm³/mol. The number of nitrogens with one attached hydrogen (secondary N) is 1. The van der Waals surface area contributed by atoms with Crippen LogP contribution in [0.15, 0.2) is 30.6 Å². The quantitative estimate of drug-likeness (QED) is 0.885. The van der Waals surface area contributed by atoms with E-state index in [1.807, 2.05) is 4.90 Å². The molecule has 0 saturated carbocycles. The van der Waals surface area contributed by atoms with Crippen molar-refractivity contribution in [1.82, 2.24) is 15.2 Å². The maximum Gasteiger partial charge on any atom is 0.263 e. The minimum absolute atomic E-state index is 0.0899. The van der Waals surface area contributed by atoms with E-state index in [2.05, 4.69) is 23.3 Å². The molecule has 3 heterocycles. The van der Waals surface area contributed by atoms with Gasteiger partial charge in [-0.3, -0.25) is 14.6 Å². The van der Waals surface area contributed by atoms with Gasteiger partial charge in [0.05, 0.1) is 10.4 Å². The summed E-state index contributed by atoms with van der Waals surface area (Å²) in [7, 11) is 0. The summed E-state index contributed by atoms with van der Waals surface area (Å²) < 4.78 is 0. The fourth-order valence-electron chi connectivity index (χ4n) is 3.96. The second-order valence-corrected chi connectivity index (χ2v) is 8.83. The highest BCUT2D eigenvalue weighted by Crippen LogP contribution is 2.33. The van der Waals surface area contributed by atoms with Gasteiger partial charge in [-0.25, -0.2) is 0 Å². The van der Waals surface area contributed by atoms with Gasteiger partial charge in [0.1, 0.15) is 0 Å². The van der Waals surface area contributed by atoms with Gasteiger partial charge >= 0.3 is 0 Å². The van der Waals surface area contributed by atoms with Crippen molar-refractivity contribution in [1.29, 1.82) is 0 Å². The molecule has 1 aliphatic carbocycles. The normalized spacial score (nSPS) is 20.2. The fourth-order valence-corrected chi connectivity index (χ4v) is 5.14. The van der Waals surface area contributed by atoms with E-state index in [1.165, 1.54) is 16.9 Å². The highest BCUT2D eigenvalue weighted by molar-refractivity contribution is 7.14. The standard InChI is InChI=1S/C21H25N3O2S/c1-14-4-5-18-16(11-14)12-19(27-18)21(26)24-9-6-17(7-10-24)23-20(25)15-3-2-8-22-13-15/h2-3,8,12-14,17H,4-7,9-11H2,1H3,(H,23,25). The van der Waals surface area contributed by atoms with Gasteiger partial charge in [-0.1, -0.05) is 6.92 Å². The van der Waals surface area contributed by atoms with E-state index >= 15 is 0 Å². The summed E-state index contributed by atoms with van der Waals surface area (Å²) in [5.74, 6) is 0.779. The van der Waals surface area contributed by atoms with E-state index in [0.29, 0.717) is 24.6 Å². The summed E-state index contributed by atoms with van der Waals surface area (Å²) in [4.78, 5) is 33.4. The Balaban J connectivity index is 1.33. The zero-order valence-corrected chi connectivity index (χ0v) is 16.4. The molecule has 1 N–H and O–H groups in total. The monoisotopic (exact) mass is 383 g/mol. The predicted octanol–water partition coefficient (Wildman–Crippen LogP) is 3.30. The average molecular weight is 384 g/mol. The zero-order chi connectivity index (χ0) is 18.8. The number of amides is 2. The summed E-state index contributed by atoms with van der Waals surface area (Å²) in [6, 6.07) is 5.76. The van der Waals surface area contributed by atoms with E-state index in [0.717, 1.165) is 30.6 Å². The third kappa shape index (κ3) is 4.05. The van der Waals surface area contributed by atoms with Crippen molar-refractivity contribution < 1.29 is 9.59 Å². The minimum atomic E-state index is -0.0899. The number of likely N-dealkylation sites (tertiary alicyclic amines) is 1. The number of pyridine rings is 1. The van der Waals surface area contributed by atoms with Crippen LogP contribution in [-0.2, 0) is 12.8 Å². The van der Waals surface area contributed by atoms with Crippen LogP contribution in [0.2, 0.25) is 0 Å². The molecule has 2 amide bonds. The fraction of sp³-hybridized carbons (Fsp3) is 0.476. The van der Waals surface area contributed by atoms with Crippen LogP contribution in [0.4, 0.5) is 0 Å². The minimum Gasteiger partial charge on any atom is -0.349 e. The van der Waals surface area contributed by atoms with E-state index in [9.17, 15) is 9.59 Å². The van der Waals surface area contributed by atoms with Gasteiger partial charge in [0.25, 0.3) is 11.8 Å². The number of hydrogen-bond donors (Lipinski definition) is 1. The van der Waals surface area contributed by atoms with Crippen LogP contribution in [0.5, 0.6) is 0 Å². The maximum absolute atomic E-state index is 12.9. The summed E-state index contributed by atoms with van der Waals surface area (Å²) in [6.07, 6.45) is 8.25. The Bertz CT molecular complexity index is 825. The van der Waals surface area contributed by atoms with Crippen LogP contribution in [0.25, 0.3) is 0 Å². The first kappa shape index (κ1) is 18.2. The number of rotatable bonds is 3. The lowest BCUT2D eigenvalue weighted by atomic mass is 9.90. The number of nitrogens with zero attached hydrogens (tertiary/aromatic N) is 2. The second kappa shape index (κ2) is 7.80. The van der Waals surface area contributed by atoms with Crippen LogP contribution in [0.3, 0.4) is 0 Å². The summed E-state index contributed by atoms with van der Waals surface area (Å²) >= 11 is 1.68. The third-order valence-electron chi connectivity index (χ3n) is 5.58. The van der Waals surface area contributed by atoms with Gasteiger partial charge < -0.3 is 10.2 Å². The maximum atomic E-state index is 12.9. The molecular formula is C21H25N3O2S. The van der Waals surface area contributed by atoms with Gasteiger partial charge in [0.2, 0.25) is 0 Å². The number of aromatic nitrogens is 1. The van der Waals surface area contributed by atoms with Crippen LogP contribution in [-0.4, -0.2) is 40.8 Å². The Hall–Kier alpha value is -2.21. The molecule has 0 spiro atoms. The van der Waals surface area contributed by atoms with Crippen LogP contribution < -0.4 is 5.32 Å². The van der Waals surface area contributed by atoms with Crippen molar-refractivity contribution in [3.8, 4) is 0 Å². The SMILES string of the molecule is CC1CCc2sc(C(=O)N3CCC(NC(=O)c4cccnc4)CC3)cc2C1. The molecule has 0 aromatic carbocycles. The van der Waals surface area contributed by atoms with Crippen molar-refractivity contribution in [2.24, 2.45) is 5.92 Å². The molecule has 1 aliphatic heterocycles. The molecule has 5 nitrogen and oxygen atoms in total. The summed E-state index contributed by atoms with van der Waals surface area (Å²) in [5, 5.41) is 3.06. The molecule has 4 rings (SSSR count). The van der Waals surface area contributed by atoms with Crippen molar-refractivity contribution in [3.63, 3.8) is 0 Å². The molecule has 27 heavy (non-hydrogen) atoms. The topological polar surface area (TPSA) is 62.3 Å². The van der Waals surface area contributed by atoms with E-state index in [4.69, 9.17) is 0 Å². The number of thiophene rings is 1. The lowest BCUT2D eigenvalue weighted by Crippen LogP contribution is -2.46. The number of fused-ring (bicyclic) bond motifs is 1. The summed E-state index contributed by atoms with van der Waals surface area (Å²) in [5.41, 5.74) is 1.95. The molecule has 1 fully saturated rings. The third-order valence-corrected chi connectivity index (χ3v) is 6.81. The van der Waals surface area contributed by atoms with Crippen molar-refractivity contribution in [2.45, 2.75) is 45.1 Å². The second-order valence-electron chi connectivity index (χ2n) is 7.69. The van der Waals surface area contributed by atoms with Gasteiger partial charge in [-0.2, -0.15) is 0 Å². The number of carbonyl (C=O) groups excluding carboxylic acids is 2. The Labute approximate surface area is 163 Å². The van der Waals surface area contributed by atoms with Gasteiger partial charge in [0.15, 0.2) is 0 Å². The first-order chi connectivity index (χ1) is 13.1. The van der Waals surface area contributed by atoms with Gasteiger partial charge in [-0.15, -0.1) is 11.3 Å². The smallest absolute Gasteiger partial charge is 0.263 e. The molecule has 0 radical (unpaired) electrons. The number of piperidine rings is 1. The molecular weight excluding hydrogens is 358 g/mol. The molecule has 2 aromatic heterocycles. The van der Waals surface area contributed by atoms with Crippen LogP contribution >= 0.6 is 11.3 Å². The molecule has 1 saturated heterocycles. The lowest BCUT2D eigenvalue weighted by Gasteiger charge is -2.32. The van der Waals surface area contributed by atoms with E-state index in [1.54, 1.807) is 35.9 Å². The van der Waals surface area contributed by atoms with Crippen molar-refractivity contribution in [3.05, 3.63) is 51.5 Å². The molecule has 2 aliphatic rings. The van der Waals surface area contributed by atoms with Crippen LogP contribution in [0, 0.1) is 5.92 Å². The largest absolute Gasteiger partial charge is 0.349 e. The number of aryl methyl sites for hydroxylation is 1. The highest BCUT2D eigenvalue weighted by Gasteiger charge is 2.27. The Morgan fingerprint density at radius 1 is 1.26 bits per heavy atom. The van der Waals surface area contributed by atoms with Crippen molar-refractivity contribution >= 4 is 23.2 Å². The van der Waals surface area contributed by atoms with Crippen molar-refractivity contribution in [2.75, 3.05) is 13.1 Å². The highest BCUT2D eigenvalue weighted by atomic mass is 32.1. The van der Waals surface area contributed by atoms with Crippen LogP contribution in [0.1, 0.15) is 56.7 Å². The summed E-state index contributed by atoms with van der Waals surface area (Å²) in [6.45, 7) is 3.66. The molecule has 1 atom stereocenters. The zero-order valence-electron chi connectivity index (χ0n) is 15.6. The first-order valence-corrected chi connectivity index (χ1v) is 10.5. The lowest BCUT2D eigenvalue weighted by molar-refractivity contribution is 0.0702. The number of carbonyl (C=O) groups is 2. The molecule has 0 bridgehead atoms. The first-order valence-electron chi connectivity index (χ1n) is 9.72. The van der Waals surface area contributed by atoms with Gasteiger partial charge in [-0.05, 0) is 61.8 Å². The molecule has 2 aromatic rings. The Morgan fingerprint density at radius 3 is 2.81 bits per heavy atom. The number of hydrogen-bond acceptors (Lipinski definition) is 4.